The third kappa shape index (κ3) is 5.35. The first-order chi connectivity index (χ1) is 16.7. The third-order valence-corrected chi connectivity index (χ3v) is 6.15. The summed E-state index contributed by atoms with van der Waals surface area (Å²) in [7, 11) is 1.62. The van der Waals surface area contributed by atoms with Gasteiger partial charge in [-0.15, -0.1) is 5.10 Å². The molecule has 0 bridgehead atoms. The van der Waals surface area contributed by atoms with E-state index >= 15 is 0 Å². The Morgan fingerprint density at radius 2 is 2.03 bits per heavy atom. The molecule has 2 aromatic heterocycles. The number of likely N-dealkylation sites (tertiary alicyclic amines) is 1. The lowest BCUT2D eigenvalue weighted by atomic mass is 9.96. The molecule has 0 atom stereocenters. The highest BCUT2D eigenvalue weighted by Crippen LogP contribution is 2.39. The number of carbonyl (C=O) groups excluding carboxylic acids is 1. The Balaban J connectivity index is 1.47. The lowest BCUT2D eigenvalue weighted by Crippen LogP contribution is -2.39. The van der Waals surface area contributed by atoms with Gasteiger partial charge in [-0.3, -0.25) is 4.79 Å². The molecular formula is C23H24F3N7O2. The number of primary amides is 1. The van der Waals surface area contributed by atoms with Gasteiger partial charge in [-0.25, -0.2) is 9.67 Å². The summed E-state index contributed by atoms with van der Waals surface area (Å²) in [5.74, 6) is -0.659. The van der Waals surface area contributed by atoms with Crippen molar-refractivity contribution in [2.45, 2.75) is 25.4 Å². The third-order valence-electron chi connectivity index (χ3n) is 6.15. The molecule has 184 valence electrons. The number of hydrogen-bond donors (Lipinski definition) is 1. The van der Waals surface area contributed by atoms with Crippen LogP contribution in [0.15, 0.2) is 24.3 Å². The van der Waals surface area contributed by atoms with Gasteiger partial charge in [0.05, 0.1) is 23.4 Å². The van der Waals surface area contributed by atoms with E-state index in [1.165, 1.54) is 16.8 Å². The van der Waals surface area contributed by atoms with Gasteiger partial charge in [0, 0.05) is 25.1 Å². The standard InChI is InChI=1S/C23H24F3N7O2/c1-32-19-12-17(29-18(13-27)21(19)30-31-32)15-3-4-20(16(11-15)23(24,25)26)35-10-2-7-33-8-5-14(6-9-33)22(28)34/h3-4,11-12,14H,2,5-10H2,1H3,(H2,28,34). The van der Waals surface area contributed by atoms with Crippen molar-refractivity contribution in [3.63, 3.8) is 0 Å². The number of aryl methyl sites for hydroxylation is 1. The second-order valence-electron chi connectivity index (χ2n) is 8.48. The predicted octanol–water partition coefficient (Wildman–Crippen LogP) is 2.89. The summed E-state index contributed by atoms with van der Waals surface area (Å²) in [4.78, 5) is 17.6. The molecule has 1 fully saturated rings. The van der Waals surface area contributed by atoms with Crippen LogP contribution in [0.2, 0.25) is 0 Å². The van der Waals surface area contributed by atoms with E-state index in [-0.39, 0.29) is 46.6 Å². The van der Waals surface area contributed by atoms with Crippen LogP contribution in [-0.4, -0.2) is 57.0 Å². The minimum Gasteiger partial charge on any atom is -0.493 e. The van der Waals surface area contributed by atoms with Crippen molar-refractivity contribution in [3.05, 3.63) is 35.5 Å². The summed E-state index contributed by atoms with van der Waals surface area (Å²) < 4.78 is 48.4. The van der Waals surface area contributed by atoms with Crippen molar-refractivity contribution in [1.82, 2.24) is 24.9 Å². The molecule has 0 saturated carbocycles. The number of ether oxygens (including phenoxy) is 1. The molecule has 1 saturated heterocycles. The molecule has 2 N–H and O–H groups in total. The van der Waals surface area contributed by atoms with Crippen molar-refractivity contribution in [1.29, 1.82) is 5.26 Å². The molecule has 0 unspecified atom stereocenters. The summed E-state index contributed by atoms with van der Waals surface area (Å²) in [5.41, 5.74) is 5.58. The van der Waals surface area contributed by atoms with Crippen LogP contribution in [-0.2, 0) is 18.0 Å². The summed E-state index contributed by atoms with van der Waals surface area (Å²) in [6, 6.07) is 7.20. The number of rotatable bonds is 7. The van der Waals surface area contributed by atoms with Crippen LogP contribution in [0, 0.1) is 17.2 Å². The first kappa shape index (κ1) is 24.4. The number of pyridine rings is 1. The maximum atomic E-state index is 13.8. The molecule has 12 heteroatoms. The highest BCUT2D eigenvalue weighted by molar-refractivity contribution is 5.83. The molecule has 35 heavy (non-hydrogen) atoms. The van der Waals surface area contributed by atoms with Gasteiger partial charge in [0.1, 0.15) is 17.3 Å². The maximum Gasteiger partial charge on any atom is 0.419 e. The Morgan fingerprint density at radius 1 is 1.29 bits per heavy atom. The normalized spacial score (nSPS) is 15.3. The van der Waals surface area contributed by atoms with E-state index < -0.39 is 11.7 Å². The molecule has 3 aromatic rings. The average molecular weight is 487 g/mol. The number of aromatic nitrogens is 4. The summed E-state index contributed by atoms with van der Waals surface area (Å²) in [5, 5.41) is 17.1. The molecular weight excluding hydrogens is 463 g/mol. The number of carbonyl (C=O) groups is 1. The van der Waals surface area contributed by atoms with Crippen LogP contribution in [0.3, 0.4) is 0 Å². The van der Waals surface area contributed by atoms with Gasteiger partial charge in [-0.05, 0) is 56.6 Å². The van der Waals surface area contributed by atoms with Crippen LogP contribution >= 0.6 is 0 Å². The first-order valence-electron chi connectivity index (χ1n) is 11.1. The molecule has 0 aliphatic carbocycles. The minimum atomic E-state index is -4.64. The van der Waals surface area contributed by atoms with Crippen molar-refractivity contribution in [3.8, 4) is 23.1 Å². The van der Waals surface area contributed by atoms with Crippen LogP contribution < -0.4 is 10.5 Å². The summed E-state index contributed by atoms with van der Waals surface area (Å²) >= 11 is 0. The van der Waals surface area contributed by atoms with E-state index in [1.54, 1.807) is 13.1 Å². The van der Waals surface area contributed by atoms with Crippen molar-refractivity contribution < 1.29 is 22.7 Å². The molecule has 0 spiro atoms. The number of benzene rings is 1. The number of fused-ring (bicyclic) bond motifs is 1. The zero-order valence-corrected chi connectivity index (χ0v) is 19.0. The van der Waals surface area contributed by atoms with Gasteiger partial charge < -0.3 is 15.4 Å². The SMILES string of the molecule is Cn1nnc2c(C#N)nc(-c3ccc(OCCCN4CCC(C(N)=O)CC4)c(C(F)(F)F)c3)cc21. The molecule has 1 aliphatic heterocycles. The van der Waals surface area contributed by atoms with Crippen molar-refractivity contribution in [2.75, 3.05) is 26.2 Å². The van der Waals surface area contributed by atoms with E-state index in [4.69, 9.17) is 10.5 Å². The van der Waals surface area contributed by atoms with Crippen LogP contribution in [0.25, 0.3) is 22.3 Å². The number of nitriles is 1. The fourth-order valence-electron chi connectivity index (χ4n) is 4.20. The average Bonchev–Trinajstić information content (AvgIpc) is 3.21. The number of nitrogens with two attached hydrogens (primary N) is 1. The van der Waals surface area contributed by atoms with Crippen LogP contribution in [0.4, 0.5) is 13.2 Å². The Hall–Kier alpha value is -3.72. The highest BCUT2D eigenvalue weighted by Gasteiger charge is 2.35. The number of piperidine rings is 1. The van der Waals surface area contributed by atoms with E-state index in [1.807, 2.05) is 6.07 Å². The Labute approximate surface area is 199 Å². The topological polar surface area (TPSA) is 123 Å². The predicted molar refractivity (Wildman–Crippen MR) is 120 cm³/mol. The molecule has 4 rings (SSSR count). The molecule has 1 aliphatic rings. The van der Waals surface area contributed by atoms with E-state index in [0.29, 0.717) is 31.3 Å². The van der Waals surface area contributed by atoms with Gasteiger partial charge in [-0.2, -0.15) is 18.4 Å². The van der Waals surface area contributed by atoms with Crippen molar-refractivity contribution >= 4 is 16.9 Å². The molecule has 1 aromatic carbocycles. The van der Waals surface area contributed by atoms with Gasteiger partial charge in [0.2, 0.25) is 5.91 Å². The van der Waals surface area contributed by atoms with E-state index in [9.17, 15) is 23.2 Å². The zero-order chi connectivity index (χ0) is 25.2. The maximum absolute atomic E-state index is 13.8. The quantitative estimate of drug-likeness (QED) is 0.509. The fourth-order valence-corrected chi connectivity index (χ4v) is 4.20. The second kappa shape index (κ2) is 9.87. The number of nitrogens with zero attached hydrogens (tertiary/aromatic N) is 6. The van der Waals surface area contributed by atoms with Gasteiger partial charge in [0.15, 0.2) is 5.69 Å². The minimum absolute atomic E-state index is 0.0145. The second-order valence-corrected chi connectivity index (χ2v) is 8.48. The smallest absolute Gasteiger partial charge is 0.419 e. The number of hydrogen-bond acceptors (Lipinski definition) is 7. The zero-order valence-electron chi connectivity index (χ0n) is 19.0. The van der Waals surface area contributed by atoms with Gasteiger partial charge >= 0.3 is 6.18 Å². The highest BCUT2D eigenvalue weighted by atomic mass is 19.4. The van der Waals surface area contributed by atoms with E-state index in [0.717, 1.165) is 19.2 Å². The Morgan fingerprint density at radius 3 is 2.69 bits per heavy atom. The number of halogens is 3. The monoisotopic (exact) mass is 487 g/mol. The summed E-state index contributed by atoms with van der Waals surface area (Å²) in [6.45, 7) is 2.22. The van der Waals surface area contributed by atoms with Crippen LogP contribution in [0.1, 0.15) is 30.5 Å². The molecule has 0 radical (unpaired) electrons. The largest absolute Gasteiger partial charge is 0.493 e. The lowest BCUT2D eigenvalue weighted by molar-refractivity contribution is -0.139. The number of amides is 1. The van der Waals surface area contributed by atoms with Gasteiger partial charge in [0.25, 0.3) is 0 Å². The molecule has 1 amide bonds. The van der Waals surface area contributed by atoms with Crippen LogP contribution in [0.5, 0.6) is 5.75 Å². The number of alkyl halides is 3. The fraction of sp³-hybridized carbons (Fsp3) is 0.435. The van der Waals surface area contributed by atoms with E-state index in [2.05, 4.69) is 20.2 Å². The van der Waals surface area contributed by atoms with Crippen molar-refractivity contribution in [2.24, 2.45) is 18.7 Å². The Kier molecular flexibility index (Phi) is 6.88. The lowest BCUT2D eigenvalue weighted by Gasteiger charge is -2.30. The van der Waals surface area contributed by atoms with Gasteiger partial charge in [-0.1, -0.05) is 5.21 Å². The first-order valence-corrected chi connectivity index (χ1v) is 11.1. The molecule has 9 nitrogen and oxygen atoms in total. The Bertz CT molecular complexity index is 1270. The molecule has 3 heterocycles. The summed E-state index contributed by atoms with van der Waals surface area (Å²) in [6.07, 6.45) is -2.72.